The Morgan fingerprint density at radius 1 is 1.56 bits per heavy atom. The van der Waals surface area contributed by atoms with Crippen molar-refractivity contribution in [2.75, 3.05) is 7.11 Å². The maximum atomic E-state index is 11.6. The average molecular weight is 229 g/mol. The van der Waals surface area contributed by atoms with Gasteiger partial charge in [-0.2, -0.15) is 0 Å². The molecule has 92 valence electrons. The number of aliphatic carboxylic acids is 1. The molecule has 1 amide bonds. The van der Waals surface area contributed by atoms with E-state index in [2.05, 4.69) is 11.9 Å². The molecule has 2 atom stereocenters. The van der Waals surface area contributed by atoms with E-state index in [9.17, 15) is 9.59 Å². The molecule has 0 saturated carbocycles. The minimum Gasteiger partial charge on any atom is -0.480 e. The van der Waals surface area contributed by atoms with Crippen molar-refractivity contribution in [3.8, 4) is 0 Å². The highest BCUT2D eigenvalue weighted by Crippen LogP contribution is 2.02. The minimum atomic E-state index is -1.04. The van der Waals surface area contributed by atoms with Crippen LogP contribution in [-0.4, -0.2) is 36.2 Å². The van der Waals surface area contributed by atoms with E-state index in [1.165, 1.54) is 7.11 Å². The van der Waals surface area contributed by atoms with Crippen molar-refractivity contribution in [2.24, 2.45) is 0 Å². The Morgan fingerprint density at radius 2 is 2.19 bits per heavy atom. The zero-order valence-electron chi connectivity index (χ0n) is 9.73. The van der Waals surface area contributed by atoms with Gasteiger partial charge in [-0.1, -0.05) is 13.0 Å². The van der Waals surface area contributed by atoms with Crippen molar-refractivity contribution >= 4 is 11.9 Å². The molecule has 2 N–H and O–H groups in total. The minimum absolute atomic E-state index is 0.338. The first-order chi connectivity index (χ1) is 7.56. The van der Waals surface area contributed by atoms with Crippen molar-refractivity contribution in [1.29, 1.82) is 0 Å². The Kier molecular flexibility index (Phi) is 7.20. The quantitative estimate of drug-likeness (QED) is 0.607. The lowest BCUT2D eigenvalue weighted by Crippen LogP contribution is -2.45. The Bertz CT molecular complexity index is 248. The van der Waals surface area contributed by atoms with Gasteiger partial charge in [0.05, 0.1) is 0 Å². The maximum absolute atomic E-state index is 11.6. The molecule has 5 heteroatoms. The molecule has 0 saturated heterocycles. The van der Waals surface area contributed by atoms with Crippen LogP contribution in [0.5, 0.6) is 0 Å². The second-order valence-electron chi connectivity index (χ2n) is 3.40. The van der Waals surface area contributed by atoms with Crippen molar-refractivity contribution in [3.05, 3.63) is 12.7 Å². The summed E-state index contributed by atoms with van der Waals surface area (Å²) in [5, 5.41) is 11.3. The normalized spacial score (nSPS) is 13.9. The number of carbonyl (C=O) groups excluding carboxylic acids is 1. The molecule has 0 radical (unpaired) electrons. The van der Waals surface area contributed by atoms with Crippen LogP contribution in [-0.2, 0) is 14.3 Å². The number of carboxylic acid groups (broad SMARTS) is 1. The number of hydrogen-bond acceptors (Lipinski definition) is 3. The molecule has 0 bridgehead atoms. The highest BCUT2D eigenvalue weighted by molar-refractivity contribution is 5.86. The van der Waals surface area contributed by atoms with Crippen LogP contribution in [0, 0.1) is 0 Å². The first kappa shape index (κ1) is 14.6. The van der Waals surface area contributed by atoms with Crippen molar-refractivity contribution in [1.82, 2.24) is 5.32 Å². The van der Waals surface area contributed by atoms with Crippen LogP contribution in [0.4, 0.5) is 0 Å². The van der Waals surface area contributed by atoms with Crippen molar-refractivity contribution in [2.45, 2.75) is 38.3 Å². The summed E-state index contributed by atoms with van der Waals surface area (Å²) in [6.45, 7) is 5.31. The molecule has 16 heavy (non-hydrogen) atoms. The van der Waals surface area contributed by atoms with E-state index in [4.69, 9.17) is 9.84 Å². The van der Waals surface area contributed by atoms with Gasteiger partial charge in [-0.3, -0.25) is 4.79 Å². The first-order valence-corrected chi connectivity index (χ1v) is 5.23. The van der Waals surface area contributed by atoms with Gasteiger partial charge in [-0.05, 0) is 19.3 Å². The standard InChI is InChI=1S/C11H19NO4/c1-4-6-7-8(11(14)15)12-10(13)9(5-2)16-3/h4,8-9H,1,5-7H2,2-3H3,(H,12,13)(H,14,15). The Balaban J connectivity index is 4.32. The summed E-state index contributed by atoms with van der Waals surface area (Å²) in [5.41, 5.74) is 0. The number of carboxylic acids is 1. The molecular formula is C11H19NO4. The van der Waals surface area contributed by atoms with E-state index >= 15 is 0 Å². The molecule has 0 aromatic carbocycles. The number of rotatable bonds is 8. The lowest BCUT2D eigenvalue weighted by molar-refractivity contribution is -0.144. The van der Waals surface area contributed by atoms with Gasteiger partial charge in [0, 0.05) is 7.11 Å². The fourth-order valence-electron chi connectivity index (χ4n) is 1.27. The highest BCUT2D eigenvalue weighted by atomic mass is 16.5. The van der Waals surface area contributed by atoms with Crippen LogP contribution in [0.25, 0.3) is 0 Å². The molecule has 0 heterocycles. The highest BCUT2D eigenvalue weighted by Gasteiger charge is 2.23. The Morgan fingerprint density at radius 3 is 2.56 bits per heavy atom. The maximum Gasteiger partial charge on any atom is 0.326 e. The van der Waals surface area contributed by atoms with Gasteiger partial charge in [0.1, 0.15) is 12.1 Å². The largest absolute Gasteiger partial charge is 0.480 e. The third-order valence-electron chi connectivity index (χ3n) is 2.22. The third kappa shape index (κ3) is 4.93. The van der Waals surface area contributed by atoms with Gasteiger partial charge in [0.15, 0.2) is 0 Å². The van der Waals surface area contributed by atoms with E-state index in [0.717, 1.165) is 0 Å². The van der Waals surface area contributed by atoms with Crippen LogP contribution < -0.4 is 5.32 Å². The number of allylic oxidation sites excluding steroid dienone is 1. The van der Waals surface area contributed by atoms with Gasteiger partial charge in [-0.25, -0.2) is 4.79 Å². The van der Waals surface area contributed by atoms with Gasteiger partial charge in [0.25, 0.3) is 0 Å². The Labute approximate surface area is 95.5 Å². The van der Waals surface area contributed by atoms with E-state index in [-0.39, 0.29) is 5.91 Å². The molecule has 0 spiro atoms. The second kappa shape index (κ2) is 7.87. The van der Waals surface area contributed by atoms with E-state index < -0.39 is 18.1 Å². The van der Waals surface area contributed by atoms with Crippen LogP contribution in [0.3, 0.4) is 0 Å². The molecule has 0 aliphatic heterocycles. The molecule has 2 unspecified atom stereocenters. The smallest absolute Gasteiger partial charge is 0.326 e. The first-order valence-electron chi connectivity index (χ1n) is 5.23. The molecule has 0 aliphatic carbocycles. The monoisotopic (exact) mass is 229 g/mol. The van der Waals surface area contributed by atoms with Crippen LogP contribution in [0.1, 0.15) is 26.2 Å². The summed E-state index contributed by atoms with van der Waals surface area (Å²) < 4.78 is 4.92. The SMILES string of the molecule is C=CCCC(NC(=O)C(CC)OC)C(=O)O. The van der Waals surface area contributed by atoms with E-state index in [1.54, 1.807) is 13.0 Å². The fraction of sp³-hybridized carbons (Fsp3) is 0.636. The lowest BCUT2D eigenvalue weighted by atomic mass is 10.1. The lowest BCUT2D eigenvalue weighted by Gasteiger charge is -2.17. The van der Waals surface area contributed by atoms with Crippen LogP contribution in [0.2, 0.25) is 0 Å². The number of nitrogens with one attached hydrogen (secondary N) is 1. The second-order valence-corrected chi connectivity index (χ2v) is 3.40. The van der Waals surface area contributed by atoms with Gasteiger partial charge >= 0.3 is 5.97 Å². The zero-order valence-corrected chi connectivity index (χ0v) is 9.73. The predicted molar refractivity (Wildman–Crippen MR) is 60.1 cm³/mol. The molecule has 0 fully saturated rings. The average Bonchev–Trinajstić information content (AvgIpc) is 2.25. The molecule has 0 rings (SSSR count). The number of methoxy groups -OCH3 is 1. The molecule has 0 aliphatic rings. The number of ether oxygens (including phenoxy) is 1. The molecular weight excluding hydrogens is 210 g/mol. The number of amides is 1. The van der Waals surface area contributed by atoms with Crippen molar-refractivity contribution in [3.63, 3.8) is 0 Å². The zero-order chi connectivity index (χ0) is 12.6. The third-order valence-corrected chi connectivity index (χ3v) is 2.22. The van der Waals surface area contributed by atoms with Gasteiger partial charge < -0.3 is 15.2 Å². The van der Waals surface area contributed by atoms with Crippen LogP contribution in [0.15, 0.2) is 12.7 Å². The summed E-state index contributed by atoms with van der Waals surface area (Å²) in [6.07, 6.45) is 2.42. The molecule has 0 aromatic heterocycles. The van der Waals surface area contributed by atoms with Gasteiger partial charge in [0.2, 0.25) is 5.91 Å². The summed E-state index contributed by atoms with van der Waals surface area (Å²) in [6, 6.07) is -0.880. The molecule has 5 nitrogen and oxygen atoms in total. The summed E-state index contributed by atoms with van der Waals surface area (Å²) in [7, 11) is 1.42. The molecule has 0 aromatic rings. The summed E-state index contributed by atoms with van der Waals surface area (Å²) in [5.74, 6) is -1.43. The number of hydrogen-bond donors (Lipinski definition) is 2. The summed E-state index contributed by atoms with van der Waals surface area (Å²) >= 11 is 0. The number of carbonyl (C=O) groups is 2. The van der Waals surface area contributed by atoms with Crippen LogP contribution >= 0.6 is 0 Å². The van der Waals surface area contributed by atoms with E-state index in [1.807, 2.05) is 0 Å². The summed E-state index contributed by atoms with van der Waals surface area (Å²) in [4.78, 5) is 22.4. The van der Waals surface area contributed by atoms with E-state index in [0.29, 0.717) is 19.3 Å². The predicted octanol–water partition coefficient (Wildman–Crippen LogP) is 0.947. The van der Waals surface area contributed by atoms with Crippen molar-refractivity contribution < 1.29 is 19.4 Å². The fourth-order valence-corrected chi connectivity index (χ4v) is 1.27. The Hall–Kier alpha value is -1.36. The van der Waals surface area contributed by atoms with Gasteiger partial charge in [-0.15, -0.1) is 6.58 Å². The topological polar surface area (TPSA) is 75.6 Å².